The van der Waals surface area contributed by atoms with Crippen LogP contribution in [0.5, 0.6) is 0 Å². The fourth-order valence-corrected chi connectivity index (χ4v) is 2.70. The van der Waals surface area contributed by atoms with E-state index in [1.54, 1.807) is 0 Å². The Morgan fingerprint density at radius 2 is 2.21 bits per heavy atom. The van der Waals surface area contributed by atoms with Crippen LogP contribution in [0.3, 0.4) is 0 Å². The molecule has 0 saturated heterocycles. The van der Waals surface area contributed by atoms with E-state index in [0.29, 0.717) is 0 Å². The first-order valence-corrected chi connectivity index (χ1v) is 6.72. The minimum Gasteiger partial charge on any atom is -0.361 e. The van der Waals surface area contributed by atoms with Crippen molar-refractivity contribution >= 4 is 10.9 Å². The van der Waals surface area contributed by atoms with E-state index in [2.05, 4.69) is 52.5 Å². The maximum absolute atomic E-state index is 9.16. The normalized spacial score (nSPS) is 19.6. The van der Waals surface area contributed by atoms with Gasteiger partial charge >= 0.3 is 0 Å². The van der Waals surface area contributed by atoms with Crippen molar-refractivity contribution in [2.45, 2.75) is 18.9 Å². The minimum atomic E-state index is 0.0372. The van der Waals surface area contributed by atoms with Crippen LogP contribution in [0.1, 0.15) is 12.0 Å². The highest BCUT2D eigenvalue weighted by Gasteiger charge is 2.18. The van der Waals surface area contributed by atoms with Gasteiger partial charge in [-0.1, -0.05) is 30.4 Å². The largest absolute Gasteiger partial charge is 0.361 e. The maximum atomic E-state index is 9.16. The Bertz CT molecular complexity index is 633. The minimum absolute atomic E-state index is 0.0372. The molecule has 3 nitrogen and oxygen atoms in total. The zero-order valence-corrected chi connectivity index (χ0v) is 10.8. The fraction of sp³-hybridized carbons (Fsp3) is 0.312. The molecule has 1 atom stereocenters. The lowest BCUT2D eigenvalue weighted by Gasteiger charge is -2.27. The van der Waals surface area contributed by atoms with Crippen LogP contribution in [0.4, 0.5) is 0 Å². The molecule has 3 rings (SSSR count). The summed E-state index contributed by atoms with van der Waals surface area (Å²) >= 11 is 0. The summed E-state index contributed by atoms with van der Waals surface area (Å²) in [7, 11) is 0. The number of nitrogens with one attached hydrogen (secondary N) is 1. The number of nitrogens with zero attached hydrogens (tertiary/aromatic N) is 2. The Kier molecular flexibility index (Phi) is 3.35. The molecule has 0 aliphatic carbocycles. The molecule has 1 aromatic heterocycles. The van der Waals surface area contributed by atoms with Crippen molar-refractivity contribution in [1.29, 1.82) is 5.26 Å². The summed E-state index contributed by atoms with van der Waals surface area (Å²) in [6, 6.07) is 10.8. The lowest BCUT2D eigenvalue weighted by atomic mass is 10.1. The van der Waals surface area contributed by atoms with E-state index in [4.69, 9.17) is 5.26 Å². The standard InChI is InChI=1S/C16H17N3/c17-11-14-5-3-4-9-19(14)10-8-13-12-18-16-7-2-1-6-15(13)16/h1-4,6-7,12,14,18H,5,8-10H2. The second-order valence-corrected chi connectivity index (χ2v) is 4.96. The Balaban J connectivity index is 1.72. The molecule has 1 aromatic carbocycles. The first kappa shape index (κ1) is 12.0. The zero-order valence-electron chi connectivity index (χ0n) is 10.8. The van der Waals surface area contributed by atoms with Crippen LogP contribution in [0.2, 0.25) is 0 Å². The van der Waals surface area contributed by atoms with E-state index in [1.165, 1.54) is 16.5 Å². The molecule has 2 heterocycles. The molecule has 0 bridgehead atoms. The van der Waals surface area contributed by atoms with Crippen LogP contribution in [-0.4, -0.2) is 29.0 Å². The lowest BCUT2D eigenvalue weighted by Crippen LogP contribution is -2.37. The average Bonchev–Trinajstić information content (AvgIpc) is 2.89. The molecule has 3 heteroatoms. The fourth-order valence-electron chi connectivity index (χ4n) is 2.70. The monoisotopic (exact) mass is 251 g/mol. The van der Waals surface area contributed by atoms with Gasteiger partial charge in [0.25, 0.3) is 0 Å². The van der Waals surface area contributed by atoms with Crippen molar-refractivity contribution < 1.29 is 0 Å². The third kappa shape index (κ3) is 2.40. The Morgan fingerprint density at radius 3 is 3.11 bits per heavy atom. The highest BCUT2D eigenvalue weighted by atomic mass is 15.1. The summed E-state index contributed by atoms with van der Waals surface area (Å²) in [6.07, 6.45) is 8.19. The molecule has 1 aliphatic heterocycles. The summed E-state index contributed by atoms with van der Waals surface area (Å²) in [5.41, 5.74) is 2.52. The molecule has 1 aliphatic rings. The molecule has 1 N–H and O–H groups in total. The molecule has 0 amide bonds. The molecule has 0 saturated carbocycles. The van der Waals surface area contributed by atoms with Gasteiger partial charge in [0, 0.05) is 30.2 Å². The third-order valence-corrected chi connectivity index (χ3v) is 3.80. The topological polar surface area (TPSA) is 42.8 Å². The Hall–Kier alpha value is -2.05. The van der Waals surface area contributed by atoms with Crippen molar-refractivity contribution in [3.63, 3.8) is 0 Å². The van der Waals surface area contributed by atoms with Crippen LogP contribution < -0.4 is 0 Å². The van der Waals surface area contributed by atoms with Gasteiger partial charge in [0.1, 0.15) is 6.04 Å². The number of benzene rings is 1. The molecular weight excluding hydrogens is 234 g/mol. The van der Waals surface area contributed by atoms with Crippen molar-refractivity contribution in [3.05, 3.63) is 48.2 Å². The van der Waals surface area contributed by atoms with Crippen molar-refractivity contribution in [1.82, 2.24) is 9.88 Å². The molecular formula is C16H17N3. The first-order valence-electron chi connectivity index (χ1n) is 6.72. The predicted molar refractivity (Wildman–Crippen MR) is 76.7 cm³/mol. The molecule has 96 valence electrons. The van der Waals surface area contributed by atoms with Crippen LogP contribution >= 0.6 is 0 Å². The second kappa shape index (κ2) is 5.29. The Labute approximate surface area is 113 Å². The smallest absolute Gasteiger partial charge is 0.101 e. The van der Waals surface area contributed by atoms with E-state index in [-0.39, 0.29) is 6.04 Å². The summed E-state index contributed by atoms with van der Waals surface area (Å²) in [5.74, 6) is 0. The number of aromatic nitrogens is 1. The van der Waals surface area contributed by atoms with Crippen LogP contribution in [0, 0.1) is 11.3 Å². The highest BCUT2D eigenvalue weighted by molar-refractivity contribution is 5.83. The van der Waals surface area contributed by atoms with E-state index < -0.39 is 0 Å². The van der Waals surface area contributed by atoms with Gasteiger partial charge in [-0.3, -0.25) is 4.90 Å². The summed E-state index contributed by atoms with van der Waals surface area (Å²) < 4.78 is 0. The van der Waals surface area contributed by atoms with Gasteiger partial charge in [-0.2, -0.15) is 5.26 Å². The van der Waals surface area contributed by atoms with Crippen LogP contribution in [0.15, 0.2) is 42.6 Å². The number of nitriles is 1. The van der Waals surface area contributed by atoms with Crippen molar-refractivity contribution in [2.24, 2.45) is 0 Å². The predicted octanol–water partition coefficient (Wildman–Crippen LogP) is 2.86. The number of fused-ring (bicyclic) bond motifs is 1. The highest BCUT2D eigenvalue weighted by Crippen LogP contribution is 2.19. The number of hydrogen-bond donors (Lipinski definition) is 1. The van der Waals surface area contributed by atoms with Gasteiger partial charge in [0.05, 0.1) is 6.07 Å². The third-order valence-electron chi connectivity index (χ3n) is 3.80. The zero-order chi connectivity index (χ0) is 13.1. The number of aromatic amines is 1. The van der Waals surface area contributed by atoms with E-state index in [1.807, 2.05) is 6.07 Å². The number of hydrogen-bond acceptors (Lipinski definition) is 2. The summed E-state index contributed by atoms with van der Waals surface area (Å²) in [4.78, 5) is 5.56. The Morgan fingerprint density at radius 1 is 1.32 bits per heavy atom. The van der Waals surface area contributed by atoms with Crippen LogP contribution in [-0.2, 0) is 6.42 Å². The maximum Gasteiger partial charge on any atom is 0.101 e. The average molecular weight is 251 g/mol. The quantitative estimate of drug-likeness (QED) is 0.852. The van der Waals surface area contributed by atoms with Gasteiger partial charge < -0.3 is 4.98 Å². The molecule has 0 fully saturated rings. The van der Waals surface area contributed by atoms with E-state index in [0.717, 1.165) is 25.9 Å². The number of rotatable bonds is 3. The van der Waals surface area contributed by atoms with Gasteiger partial charge in [0.15, 0.2) is 0 Å². The lowest BCUT2D eigenvalue weighted by molar-refractivity contribution is 0.253. The molecule has 2 aromatic rings. The second-order valence-electron chi connectivity index (χ2n) is 4.96. The number of H-pyrrole nitrogens is 1. The molecule has 19 heavy (non-hydrogen) atoms. The molecule has 1 unspecified atom stereocenters. The first-order chi connectivity index (χ1) is 9.38. The van der Waals surface area contributed by atoms with Gasteiger partial charge in [0.2, 0.25) is 0 Å². The van der Waals surface area contributed by atoms with Gasteiger partial charge in [-0.05, 0) is 24.5 Å². The number of para-hydroxylation sites is 1. The van der Waals surface area contributed by atoms with Crippen molar-refractivity contribution in [3.8, 4) is 6.07 Å². The molecule has 0 spiro atoms. The van der Waals surface area contributed by atoms with Crippen LogP contribution in [0.25, 0.3) is 10.9 Å². The molecule has 0 radical (unpaired) electrons. The van der Waals surface area contributed by atoms with Gasteiger partial charge in [-0.25, -0.2) is 0 Å². The summed E-state index contributed by atoms with van der Waals surface area (Å²) in [6.45, 7) is 1.82. The van der Waals surface area contributed by atoms with Gasteiger partial charge in [-0.15, -0.1) is 0 Å². The SMILES string of the molecule is N#CC1CC=CCN1CCc1c[nH]c2ccccc12. The van der Waals surface area contributed by atoms with Crippen molar-refractivity contribution in [2.75, 3.05) is 13.1 Å². The van der Waals surface area contributed by atoms with E-state index >= 15 is 0 Å². The summed E-state index contributed by atoms with van der Waals surface area (Å²) in [5, 5.41) is 10.5. The van der Waals surface area contributed by atoms with E-state index in [9.17, 15) is 0 Å².